The van der Waals surface area contributed by atoms with Gasteiger partial charge in [0.05, 0.1) is 5.56 Å². The van der Waals surface area contributed by atoms with E-state index in [1.54, 1.807) is 26.2 Å². The SMILES string of the molecule is CN=C(NC)Nc1ccc(C(=O)O)cc1.Cl. The van der Waals surface area contributed by atoms with Crippen molar-refractivity contribution < 1.29 is 9.90 Å². The molecule has 1 aromatic carbocycles. The van der Waals surface area contributed by atoms with Crippen molar-refractivity contribution in [3.05, 3.63) is 29.8 Å². The molecule has 5 nitrogen and oxygen atoms in total. The van der Waals surface area contributed by atoms with E-state index in [2.05, 4.69) is 15.6 Å². The first kappa shape index (κ1) is 14.2. The third kappa shape index (κ3) is 3.78. The van der Waals surface area contributed by atoms with Crippen LogP contribution in [-0.4, -0.2) is 31.1 Å². The summed E-state index contributed by atoms with van der Waals surface area (Å²) in [5.74, 6) is -0.308. The molecule has 1 aromatic rings. The van der Waals surface area contributed by atoms with E-state index in [1.807, 2.05) is 0 Å². The lowest BCUT2D eigenvalue weighted by Crippen LogP contribution is -2.26. The zero-order valence-electron chi connectivity index (χ0n) is 9.02. The van der Waals surface area contributed by atoms with Gasteiger partial charge in [-0.15, -0.1) is 12.4 Å². The van der Waals surface area contributed by atoms with Crippen molar-refractivity contribution in [1.29, 1.82) is 0 Å². The Morgan fingerprint density at radius 3 is 2.25 bits per heavy atom. The number of carboxylic acid groups (broad SMARTS) is 1. The Labute approximate surface area is 100.0 Å². The van der Waals surface area contributed by atoms with Crippen molar-refractivity contribution in [2.45, 2.75) is 0 Å². The summed E-state index contributed by atoms with van der Waals surface area (Å²) in [7, 11) is 3.41. The molecule has 0 bridgehead atoms. The lowest BCUT2D eigenvalue weighted by atomic mass is 10.2. The molecule has 3 N–H and O–H groups in total. The number of aromatic carboxylic acids is 1. The molecule has 0 heterocycles. The molecule has 0 unspecified atom stereocenters. The highest BCUT2D eigenvalue weighted by Gasteiger charge is 2.02. The van der Waals surface area contributed by atoms with E-state index in [1.165, 1.54) is 12.1 Å². The van der Waals surface area contributed by atoms with Gasteiger partial charge >= 0.3 is 5.97 Å². The number of nitrogens with zero attached hydrogens (tertiary/aromatic N) is 1. The second kappa shape index (κ2) is 6.68. The molecule has 0 aliphatic heterocycles. The van der Waals surface area contributed by atoms with E-state index in [9.17, 15) is 4.79 Å². The van der Waals surface area contributed by atoms with Gasteiger partial charge in [0.1, 0.15) is 0 Å². The highest BCUT2D eigenvalue weighted by molar-refractivity contribution is 5.94. The molecule has 0 aliphatic carbocycles. The molecule has 0 spiro atoms. The van der Waals surface area contributed by atoms with Crippen molar-refractivity contribution in [3.63, 3.8) is 0 Å². The van der Waals surface area contributed by atoms with Gasteiger partial charge in [-0.05, 0) is 24.3 Å². The molecule has 0 saturated carbocycles. The van der Waals surface area contributed by atoms with Crippen LogP contribution >= 0.6 is 12.4 Å². The van der Waals surface area contributed by atoms with Gasteiger partial charge in [0.25, 0.3) is 0 Å². The number of anilines is 1. The number of rotatable bonds is 2. The van der Waals surface area contributed by atoms with Gasteiger partial charge < -0.3 is 15.7 Å². The molecule has 6 heteroatoms. The first-order chi connectivity index (χ1) is 7.17. The number of halogens is 1. The first-order valence-electron chi connectivity index (χ1n) is 4.42. The van der Waals surface area contributed by atoms with E-state index >= 15 is 0 Å². The minimum atomic E-state index is -0.931. The van der Waals surface area contributed by atoms with Gasteiger partial charge in [0, 0.05) is 19.8 Å². The van der Waals surface area contributed by atoms with E-state index in [0.29, 0.717) is 5.96 Å². The Morgan fingerprint density at radius 1 is 1.31 bits per heavy atom. The van der Waals surface area contributed by atoms with Crippen molar-refractivity contribution in [3.8, 4) is 0 Å². The highest BCUT2D eigenvalue weighted by atomic mass is 35.5. The summed E-state index contributed by atoms with van der Waals surface area (Å²) in [6, 6.07) is 6.44. The van der Waals surface area contributed by atoms with E-state index < -0.39 is 5.97 Å². The molecular formula is C10H14ClN3O2. The smallest absolute Gasteiger partial charge is 0.335 e. The molecule has 16 heavy (non-hydrogen) atoms. The summed E-state index contributed by atoms with van der Waals surface area (Å²) in [6.45, 7) is 0. The molecule has 0 aliphatic rings. The van der Waals surface area contributed by atoms with Crippen LogP contribution in [0, 0.1) is 0 Å². The molecule has 0 fully saturated rings. The van der Waals surface area contributed by atoms with Crippen LogP contribution < -0.4 is 10.6 Å². The van der Waals surface area contributed by atoms with Gasteiger partial charge in [-0.25, -0.2) is 4.79 Å². The number of aliphatic imine (C=N–C) groups is 1. The van der Waals surface area contributed by atoms with Crippen molar-refractivity contribution in [1.82, 2.24) is 5.32 Å². The quantitative estimate of drug-likeness (QED) is 0.543. The monoisotopic (exact) mass is 243 g/mol. The van der Waals surface area contributed by atoms with Crippen molar-refractivity contribution in [2.24, 2.45) is 4.99 Å². The van der Waals surface area contributed by atoms with E-state index in [0.717, 1.165) is 5.69 Å². The van der Waals surface area contributed by atoms with Crippen LogP contribution in [0.2, 0.25) is 0 Å². The molecule has 0 amide bonds. The third-order valence-electron chi connectivity index (χ3n) is 1.86. The Bertz CT molecular complexity index is 376. The minimum absolute atomic E-state index is 0. The Balaban J connectivity index is 0.00000225. The second-order valence-corrected chi connectivity index (χ2v) is 2.83. The number of hydrogen-bond acceptors (Lipinski definition) is 2. The first-order valence-corrected chi connectivity index (χ1v) is 4.42. The number of carboxylic acids is 1. The predicted molar refractivity (Wildman–Crippen MR) is 66.7 cm³/mol. The maximum Gasteiger partial charge on any atom is 0.335 e. The van der Waals surface area contributed by atoms with Gasteiger partial charge in [-0.3, -0.25) is 4.99 Å². The van der Waals surface area contributed by atoms with Crippen molar-refractivity contribution >= 4 is 30.0 Å². The van der Waals surface area contributed by atoms with Crippen molar-refractivity contribution in [2.75, 3.05) is 19.4 Å². The Kier molecular flexibility index (Phi) is 5.95. The van der Waals surface area contributed by atoms with Gasteiger partial charge in [0.2, 0.25) is 0 Å². The summed E-state index contributed by atoms with van der Waals surface area (Å²) in [5.41, 5.74) is 1.05. The summed E-state index contributed by atoms with van der Waals surface area (Å²) in [6.07, 6.45) is 0. The molecule has 0 radical (unpaired) electrons. The Hall–Kier alpha value is -1.75. The third-order valence-corrected chi connectivity index (χ3v) is 1.86. The molecule has 0 aromatic heterocycles. The fourth-order valence-corrected chi connectivity index (χ4v) is 1.06. The van der Waals surface area contributed by atoms with E-state index in [-0.39, 0.29) is 18.0 Å². The van der Waals surface area contributed by atoms with Crippen LogP contribution in [0.1, 0.15) is 10.4 Å². The van der Waals surface area contributed by atoms with Crippen LogP contribution in [0.5, 0.6) is 0 Å². The van der Waals surface area contributed by atoms with Crippen LogP contribution in [0.4, 0.5) is 5.69 Å². The van der Waals surface area contributed by atoms with Gasteiger partial charge in [-0.1, -0.05) is 0 Å². The lowest BCUT2D eigenvalue weighted by Gasteiger charge is -2.08. The average molecular weight is 244 g/mol. The normalized spacial score (nSPS) is 10.2. The maximum absolute atomic E-state index is 10.6. The average Bonchev–Trinajstić information content (AvgIpc) is 2.26. The maximum atomic E-state index is 10.6. The molecular weight excluding hydrogens is 230 g/mol. The van der Waals surface area contributed by atoms with Crippen LogP contribution in [0.3, 0.4) is 0 Å². The highest BCUT2D eigenvalue weighted by Crippen LogP contribution is 2.09. The fourth-order valence-electron chi connectivity index (χ4n) is 1.06. The Morgan fingerprint density at radius 2 is 1.88 bits per heavy atom. The molecule has 88 valence electrons. The largest absolute Gasteiger partial charge is 0.478 e. The summed E-state index contributed by atoms with van der Waals surface area (Å²) in [4.78, 5) is 14.5. The number of carbonyl (C=O) groups is 1. The van der Waals surface area contributed by atoms with E-state index in [4.69, 9.17) is 5.11 Å². The fraction of sp³-hybridized carbons (Fsp3) is 0.200. The van der Waals surface area contributed by atoms with Crippen LogP contribution in [0.15, 0.2) is 29.3 Å². The number of guanidine groups is 1. The second-order valence-electron chi connectivity index (χ2n) is 2.83. The summed E-state index contributed by atoms with van der Waals surface area (Å²) >= 11 is 0. The zero-order valence-corrected chi connectivity index (χ0v) is 9.84. The topological polar surface area (TPSA) is 73.7 Å². The summed E-state index contributed by atoms with van der Waals surface area (Å²) in [5, 5.41) is 14.5. The molecule has 0 atom stereocenters. The predicted octanol–water partition coefficient (Wildman–Crippen LogP) is 1.42. The van der Waals surface area contributed by atoms with Crippen LogP contribution in [-0.2, 0) is 0 Å². The van der Waals surface area contributed by atoms with Crippen LogP contribution in [0.25, 0.3) is 0 Å². The van der Waals surface area contributed by atoms with Gasteiger partial charge in [0.15, 0.2) is 5.96 Å². The molecule has 1 rings (SSSR count). The minimum Gasteiger partial charge on any atom is -0.478 e. The standard InChI is InChI=1S/C10H13N3O2.ClH/c1-11-10(12-2)13-8-5-3-7(4-6-8)9(14)15;/h3-6H,1-2H3,(H,14,15)(H2,11,12,13);1H. The summed E-state index contributed by atoms with van der Waals surface area (Å²) < 4.78 is 0. The number of nitrogens with one attached hydrogen (secondary N) is 2. The number of benzene rings is 1. The van der Waals surface area contributed by atoms with Gasteiger partial charge in [-0.2, -0.15) is 0 Å². The zero-order chi connectivity index (χ0) is 11.3. The lowest BCUT2D eigenvalue weighted by molar-refractivity contribution is 0.0697. The molecule has 0 saturated heterocycles. The number of hydrogen-bond donors (Lipinski definition) is 3.